The average Bonchev–Trinajstić information content (AvgIpc) is 2.37. The van der Waals surface area contributed by atoms with E-state index < -0.39 is 16.4 Å². The topological polar surface area (TPSA) is 55.2 Å². The molecule has 2 aromatic rings. The van der Waals surface area contributed by atoms with Gasteiger partial charge in [-0.2, -0.15) is 4.39 Å². The van der Waals surface area contributed by atoms with E-state index in [0.29, 0.717) is 12.2 Å². The molecule has 0 saturated heterocycles. The SMILES string of the molecule is Cc1ccc(CNc2ccc([N+](=O)[O-])c(F)c2)c(C)c1. The second-order valence-electron chi connectivity index (χ2n) is 4.71. The molecule has 0 aliphatic carbocycles. The minimum atomic E-state index is -0.833. The lowest BCUT2D eigenvalue weighted by Crippen LogP contribution is -2.02. The maximum atomic E-state index is 13.5. The summed E-state index contributed by atoms with van der Waals surface area (Å²) in [4.78, 5) is 9.80. The van der Waals surface area contributed by atoms with Crippen molar-refractivity contribution in [1.29, 1.82) is 0 Å². The molecule has 104 valence electrons. The highest BCUT2D eigenvalue weighted by atomic mass is 19.1. The largest absolute Gasteiger partial charge is 0.381 e. The number of halogens is 1. The molecule has 0 saturated carbocycles. The predicted octanol–water partition coefficient (Wildman–Crippen LogP) is 3.96. The maximum Gasteiger partial charge on any atom is 0.304 e. The number of nitrogens with one attached hydrogen (secondary N) is 1. The molecule has 2 rings (SSSR count). The molecule has 0 spiro atoms. The molecular formula is C15H15FN2O2. The minimum absolute atomic E-state index is 0.512. The lowest BCUT2D eigenvalue weighted by Gasteiger charge is -2.10. The second kappa shape index (κ2) is 5.69. The van der Waals surface area contributed by atoms with E-state index in [1.165, 1.54) is 17.7 Å². The molecule has 0 heterocycles. The summed E-state index contributed by atoms with van der Waals surface area (Å²) in [6, 6.07) is 9.92. The quantitative estimate of drug-likeness (QED) is 0.678. The van der Waals surface area contributed by atoms with E-state index in [-0.39, 0.29) is 0 Å². The number of hydrogen-bond donors (Lipinski definition) is 1. The van der Waals surface area contributed by atoms with Gasteiger partial charge in [-0.3, -0.25) is 10.1 Å². The lowest BCUT2D eigenvalue weighted by atomic mass is 10.1. The van der Waals surface area contributed by atoms with Crippen molar-refractivity contribution in [3.05, 3.63) is 69.0 Å². The third-order valence-corrected chi connectivity index (χ3v) is 3.13. The zero-order valence-electron chi connectivity index (χ0n) is 11.3. The van der Waals surface area contributed by atoms with Gasteiger partial charge in [0.2, 0.25) is 5.82 Å². The molecule has 4 nitrogen and oxygen atoms in total. The van der Waals surface area contributed by atoms with Crippen LogP contribution in [0.2, 0.25) is 0 Å². The molecule has 0 radical (unpaired) electrons. The van der Waals surface area contributed by atoms with Gasteiger partial charge in [-0.15, -0.1) is 0 Å². The normalized spacial score (nSPS) is 10.3. The lowest BCUT2D eigenvalue weighted by molar-refractivity contribution is -0.387. The number of nitro groups is 1. The van der Waals surface area contributed by atoms with Crippen molar-refractivity contribution < 1.29 is 9.31 Å². The van der Waals surface area contributed by atoms with Gasteiger partial charge >= 0.3 is 5.69 Å². The van der Waals surface area contributed by atoms with Crippen LogP contribution in [0.1, 0.15) is 16.7 Å². The van der Waals surface area contributed by atoms with Crippen molar-refractivity contribution >= 4 is 11.4 Å². The molecule has 1 N–H and O–H groups in total. The molecule has 2 aromatic carbocycles. The maximum absolute atomic E-state index is 13.5. The highest BCUT2D eigenvalue weighted by Gasteiger charge is 2.13. The van der Waals surface area contributed by atoms with Gasteiger partial charge in [0, 0.05) is 24.4 Å². The number of hydrogen-bond acceptors (Lipinski definition) is 3. The average molecular weight is 274 g/mol. The van der Waals surface area contributed by atoms with Crippen molar-refractivity contribution in [2.75, 3.05) is 5.32 Å². The van der Waals surface area contributed by atoms with Gasteiger partial charge in [0.05, 0.1) is 4.92 Å². The first kappa shape index (κ1) is 14.0. The zero-order valence-corrected chi connectivity index (χ0v) is 11.3. The third-order valence-electron chi connectivity index (χ3n) is 3.13. The van der Waals surface area contributed by atoms with Crippen LogP contribution in [0.25, 0.3) is 0 Å². The van der Waals surface area contributed by atoms with Crippen LogP contribution < -0.4 is 5.32 Å². The van der Waals surface area contributed by atoms with Gasteiger partial charge in [-0.1, -0.05) is 23.8 Å². The van der Waals surface area contributed by atoms with Gasteiger partial charge < -0.3 is 5.32 Å². The summed E-state index contributed by atoms with van der Waals surface area (Å²) in [7, 11) is 0. The van der Waals surface area contributed by atoms with Crippen molar-refractivity contribution in [2.24, 2.45) is 0 Å². The molecule has 0 unspecified atom stereocenters. The fourth-order valence-corrected chi connectivity index (χ4v) is 2.01. The van der Waals surface area contributed by atoms with Gasteiger partial charge in [0.1, 0.15) is 0 Å². The van der Waals surface area contributed by atoms with Crippen molar-refractivity contribution in [3.8, 4) is 0 Å². The van der Waals surface area contributed by atoms with E-state index in [1.54, 1.807) is 0 Å². The number of anilines is 1. The Hall–Kier alpha value is -2.43. The van der Waals surface area contributed by atoms with E-state index in [9.17, 15) is 14.5 Å². The van der Waals surface area contributed by atoms with Crippen molar-refractivity contribution in [1.82, 2.24) is 0 Å². The highest BCUT2D eigenvalue weighted by Crippen LogP contribution is 2.21. The van der Waals surface area contributed by atoms with Crippen LogP contribution in [-0.4, -0.2) is 4.92 Å². The van der Waals surface area contributed by atoms with Gasteiger partial charge in [0.25, 0.3) is 0 Å². The number of aryl methyl sites for hydroxylation is 2. The van der Waals surface area contributed by atoms with E-state index in [1.807, 2.05) is 26.0 Å². The minimum Gasteiger partial charge on any atom is -0.381 e. The Kier molecular flexibility index (Phi) is 3.98. The van der Waals surface area contributed by atoms with Crippen molar-refractivity contribution in [2.45, 2.75) is 20.4 Å². The Labute approximate surface area is 116 Å². The standard InChI is InChI=1S/C15H15FN2O2/c1-10-3-4-12(11(2)7-10)9-17-13-5-6-15(18(19)20)14(16)8-13/h3-8,17H,9H2,1-2H3. The van der Waals surface area contributed by atoms with Crippen LogP contribution in [0.5, 0.6) is 0 Å². The highest BCUT2D eigenvalue weighted by molar-refractivity contribution is 5.50. The molecular weight excluding hydrogens is 259 g/mol. The summed E-state index contributed by atoms with van der Waals surface area (Å²) in [6.07, 6.45) is 0. The number of nitro benzene ring substituents is 1. The second-order valence-corrected chi connectivity index (χ2v) is 4.71. The third kappa shape index (κ3) is 3.12. The smallest absolute Gasteiger partial charge is 0.304 e. The summed E-state index contributed by atoms with van der Waals surface area (Å²) in [5.41, 5.74) is 3.46. The summed E-state index contributed by atoms with van der Waals surface area (Å²) in [5.74, 6) is -0.833. The van der Waals surface area contributed by atoms with Gasteiger partial charge in [-0.25, -0.2) is 0 Å². The molecule has 0 amide bonds. The predicted molar refractivity (Wildman–Crippen MR) is 76.3 cm³/mol. The first-order valence-corrected chi connectivity index (χ1v) is 6.21. The Bertz CT molecular complexity index is 656. The summed E-state index contributed by atoms with van der Waals surface area (Å²) in [6.45, 7) is 4.58. The van der Waals surface area contributed by atoms with Crippen LogP contribution in [0, 0.1) is 29.8 Å². The molecule has 5 heteroatoms. The molecule has 20 heavy (non-hydrogen) atoms. The first-order chi connectivity index (χ1) is 9.47. The zero-order chi connectivity index (χ0) is 14.7. The first-order valence-electron chi connectivity index (χ1n) is 6.21. The van der Waals surface area contributed by atoms with E-state index in [0.717, 1.165) is 17.2 Å². The Morgan fingerprint density at radius 1 is 1.20 bits per heavy atom. The molecule has 0 aromatic heterocycles. The Morgan fingerprint density at radius 3 is 2.55 bits per heavy atom. The number of benzene rings is 2. The number of rotatable bonds is 4. The molecule has 0 bridgehead atoms. The number of nitrogens with zero attached hydrogens (tertiary/aromatic N) is 1. The Morgan fingerprint density at radius 2 is 1.95 bits per heavy atom. The van der Waals surface area contributed by atoms with Crippen molar-refractivity contribution in [3.63, 3.8) is 0 Å². The molecule has 0 aliphatic rings. The summed E-state index contributed by atoms with van der Waals surface area (Å²) >= 11 is 0. The van der Waals surface area contributed by atoms with Crippen LogP contribution in [-0.2, 0) is 6.54 Å². The fraction of sp³-hybridized carbons (Fsp3) is 0.200. The van der Waals surface area contributed by atoms with Crippen LogP contribution in [0.15, 0.2) is 36.4 Å². The van der Waals surface area contributed by atoms with Gasteiger partial charge in [-0.05, 0) is 31.0 Å². The summed E-state index contributed by atoms with van der Waals surface area (Å²) in [5, 5.41) is 13.6. The van der Waals surface area contributed by atoms with Gasteiger partial charge in [0.15, 0.2) is 0 Å². The molecule has 0 atom stereocenters. The summed E-state index contributed by atoms with van der Waals surface area (Å²) < 4.78 is 13.5. The van der Waals surface area contributed by atoms with E-state index in [2.05, 4.69) is 11.4 Å². The fourth-order valence-electron chi connectivity index (χ4n) is 2.01. The van der Waals surface area contributed by atoms with Crippen LogP contribution in [0.4, 0.5) is 15.8 Å². The van der Waals surface area contributed by atoms with Crippen LogP contribution in [0.3, 0.4) is 0 Å². The van der Waals surface area contributed by atoms with E-state index >= 15 is 0 Å². The van der Waals surface area contributed by atoms with Crippen LogP contribution >= 0.6 is 0 Å². The van der Waals surface area contributed by atoms with E-state index in [4.69, 9.17) is 0 Å². The molecule has 0 fully saturated rings. The monoisotopic (exact) mass is 274 g/mol. The molecule has 0 aliphatic heterocycles. The Balaban J connectivity index is 2.11.